The molecule has 4 atom stereocenters. The minimum Gasteiger partial charge on any atom is -0.479 e. The van der Waals surface area contributed by atoms with Crippen LogP contribution in [0.15, 0.2) is 18.2 Å². The lowest BCUT2D eigenvalue weighted by atomic mass is 10.0. The number of carboxylic acid groups (broad SMARTS) is 1. The number of ether oxygens (including phenoxy) is 4. The van der Waals surface area contributed by atoms with Crippen LogP contribution in [0.1, 0.15) is 72.3 Å². The molecule has 19 heteroatoms. The smallest absolute Gasteiger partial charge is 0.333 e. The molecule has 1 aliphatic heterocycles. The number of benzene rings is 1. The molecule has 1 heterocycles. The number of primary amides is 2. The molecule has 0 bridgehead atoms. The number of anilines is 1. The number of esters is 1. The molecule has 298 valence electrons. The lowest BCUT2D eigenvalue weighted by molar-refractivity contribution is -0.195. The van der Waals surface area contributed by atoms with Crippen LogP contribution in [0.5, 0.6) is 5.75 Å². The first kappa shape index (κ1) is 46.0. The third kappa shape index (κ3) is 19.4. The highest BCUT2D eigenvalue weighted by Crippen LogP contribution is 2.30. The van der Waals surface area contributed by atoms with E-state index in [0.717, 1.165) is 6.42 Å². The molecule has 53 heavy (non-hydrogen) atoms. The first-order valence-corrected chi connectivity index (χ1v) is 17.2. The van der Waals surface area contributed by atoms with Crippen LogP contribution < -0.4 is 37.5 Å². The van der Waals surface area contributed by atoms with Gasteiger partial charge < -0.3 is 61.9 Å². The van der Waals surface area contributed by atoms with Crippen LogP contribution in [0.4, 0.5) is 10.5 Å². The van der Waals surface area contributed by atoms with Crippen molar-refractivity contribution in [2.45, 2.75) is 97.9 Å². The van der Waals surface area contributed by atoms with Crippen molar-refractivity contribution in [2.24, 2.45) is 23.3 Å². The van der Waals surface area contributed by atoms with E-state index in [1.54, 1.807) is 33.8 Å². The van der Waals surface area contributed by atoms with Crippen LogP contribution in [0, 0.1) is 11.8 Å². The Kier molecular flexibility index (Phi) is 21.1. The number of aliphatic hydroxyl groups excluding tert-OH is 1. The summed E-state index contributed by atoms with van der Waals surface area (Å²) >= 11 is 0. The molecular weight excluding hydrogens is 700 g/mol. The topological polar surface area (TPSA) is 297 Å². The fraction of sp³-hybridized carbons (Fsp3) is 0.618. The van der Waals surface area contributed by atoms with Gasteiger partial charge in [-0.05, 0) is 30.0 Å². The van der Waals surface area contributed by atoms with Crippen molar-refractivity contribution < 1.29 is 62.7 Å². The lowest BCUT2D eigenvalue weighted by Gasteiger charge is -2.31. The highest BCUT2D eigenvalue weighted by Gasteiger charge is 2.34. The largest absolute Gasteiger partial charge is 0.479 e. The molecule has 1 aromatic rings. The number of carbonyl (C=O) groups excluding carboxylic acids is 6. The van der Waals surface area contributed by atoms with Gasteiger partial charge in [-0.15, -0.1) is 0 Å². The molecule has 4 unspecified atom stereocenters. The fourth-order valence-corrected chi connectivity index (χ4v) is 4.37. The van der Waals surface area contributed by atoms with Crippen molar-refractivity contribution in [2.75, 3.05) is 31.6 Å². The van der Waals surface area contributed by atoms with Gasteiger partial charge in [0.1, 0.15) is 18.4 Å². The normalized spacial score (nSPS) is 17.0. The fourth-order valence-electron chi connectivity index (χ4n) is 4.37. The third-order valence-electron chi connectivity index (χ3n) is 7.18. The van der Waals surface area contributed by atoms with Crippen molar-refractivity contribution in [3.8, 4) is 5.75 Å². The number of carbonyl (C=O) groups is 7. The molecule has 0 aliphatic carbocycles. The summed E-state index contributed by atoms with van der Waals surface area (Å²) in [6, 6.07) is 3.13. The zero-order valence-corrected chi connectivity index (χ0v) is 30.8. The summed E-state index contributed by atoms with van der Waals surface area (Å²) in [5.41, 5.74) is 10.4. The average molecular weight is 755 g/mol. The van der Waals surface area contributed by atoms with E-state index in [1.165, 1.54) is 12.1 Å². The highest BCUT2D eigenvalue weighted by atomic mass is 16.7. The lowest BCUT2D eigenvalue weighted by Crippen LogP contribution is -2.51. The number of carboxylic acids is 1. The number of aliphatic hydroxyl groups is 1. The van der Waals surface area contributed by atoms with Crippen LogP contribution in [-0.4, -0.2) is 103 Å². The molecule has 2 rings (SSSR count). The number of rotatable bonds is 20. The standard InChI is InChI=1S/C30H44N4O12.C4H10N2O/c1-16(2)27(34-24(37)8-10-43-9-7-23(31)36)28(39)32-14-25(38)33-20-11-18(15-44-30(42)17(3)4)5-6-21(20)45-26-13-19(35)12-22(46-26)29(40)41;1-2-3-6-4(5)7/h5-6,11,16-17,19,22,26-27,35H,7-10,12-15H2,1-4H3,(H2,31,36)(H,32,39)(H,33,38)(H,34,37)(H,40,41);2-3H2,1H3,(H3,5,6,7). The van der Waals surface area contributed by atoms with E-state index in [4.69, 9.17) is 30.4 Å². The van der Waals surface area contributed by atoms with Crippen LogP contribution >= 0.6 is 0 Å². The number of amides is 6. The third-order valence-corrected chi connectivity index (χ3v) is 7.18. The van der Waals surface area contributed by atoms with E-state index in [9.17, 15) is 43.8 Å². The highest BCUT2D eigenvalue weighted by molar-refractivity contribution is 5.97. The van der Waals surface area contributed by atoms with Crippen molar-refractivity contribution in [1.29, 1.82) is 0 Å². The maximum absolute atomic E-state index is 12.9. The van der Waals surface area contributed by atoms with E-state index in [2.05, 4.69) is 21.3 Å². The summed E-state index contributed by atoms with van der Waals surface area (Å²) in [5.74, 6) is -4.56. The quantitative estimate of drug-likeness (QED) is 0.0655. The molecule has 19 nitrogen and oxygen atoms in total. The molecule has 0 saturated carbocycles. The number of nitrogens with one attached hydrogen (secondary N) is 4. The minimum absolute atomic E-state index is 0.0207. The van der Waals surface area contributed by atoms with Crippen molar-refractivity contribution in [1.82, 2.24) is 16.0 Å². The van der Waals surface area contributed by atoms with Gasteiger partial charge in [0.25, 0.3) is 0 Å². The second-order valence-corrected chi connectivity index (χ2v) is 12.7. The van der Waals surface area contributed by atoms with Crippen molar-refractivity contribution in [3.05, 3.63) is 23.8 Å². The summed E-state index contributed by atoms with van der Waals surface area (Å²) in [6.45, 7) is 8.94. The first-order chi connectivity index (χ1) is 24.9. The number of aliphatic carboxylic acids is 1. The van der Waals surface area contributed by atoms with E-state index in [1.807, 2.05) is 6.92 Å². The maximum Gasteiger partial charge on any atom is 0.333 e. The first-order valence-electron chi connectivity index (χ1n) is 17.2. The van der Waals surface area contributed by atoms with Gasteiger partial charge in [0.2, 0.25) is 29.9 Å². The van der Waals surface area contributed by atoms with Gasteiger partial charge in [0.15, 0.2) is 6.10 Å². The van der Waals surface area contributed by atoms with Gasteiger partial charge in [-0.2, -0.15) is 0 Å². The van der Waals surface area contributed by atoms with E-state index in [-0.39, 0.29) is 68.8 Å². The number of hydrogen-bond acceptors (Lipinski definition) is 12. The molecule has 1 aliphatic rings. The van der Waals surface area contributed by atoms with Gasteiger partial charge in [-0.25, -0.2) is 9.59 Å². The van der Waals surface area contributed by atoms with Crippen molar-refractivity contribution in [3.63, 3.8) is 0 Å². The van der Waals surface area contributed by atoms with E-state index >= 15 is 0 Å². The maximum atomic E-state index is 12.9. The van der Waals surface area contributed by atoms with Gasteiger partial charge in [-0.1, -0.05) is 40.7 Å². The Bertz CT molecular complexity index is 1390. The molecule has 1 fully saturated rings. The minimum atomic E-state index is -1.29. The molecule has 1 aromatic carbocycles. The molecule has 1 saturated heterocycles. The Balaban J connectivity index is 0.00000181. The monoisotopic (exact) mass is 754 g/mol. The van der Waals surface area contributed by atoms with Crippen LogP contribution in [0.25, 0.3) is 0 Å². The Morgan fingerprint density at radius 1 is 0.962 bits per heavy atom. The second-order valence-electron chi connectivity index (χ2n) is 12.7. The second kappa shape index (κ2) is 24.3. The Morgan fingerprint density at radius 2 is 1.64 bits per heavy atom. The summed E-state index contributed by atoms with van der Waals surface area (Å²) < 4.78 is 21.7. The SMILES string of the molecule is CC(C)C(=O)OCc1ccc(OC2CC(O)CC(C(=O)O)O2)c(NC(=O)CNC(=O)C(NC(=O)CCOCCC(N)=O)C(C)C)c1.CCCNC(N)=O. The number of hydrogen-bond donors (Lipinski definition) is 8. The summed E-state index contributed by atoms with van der Waals surface area (Å²) in [5, 5.41) is 29.6. The van der Waals surface area contributed by atoms with Crippen molar-refractivity contribution >= 4 is 47.3 Å². The predicted molar refractivity (Wildman–Crippen MR) is 189 cm³/mol. The molecule has 0 spiro atoms. The van der Waals surface area contributed by atoms with Crippen LogP contribution in [0.3, 0.4) is 0 Å². The van der Waals surface area contributed by atoms with E-state index < -0.39 is 72.7 Å². The summed E-state index contributed by atoms with van der Waals surface area (Å²) in [7, 11) is 0. The summed E-state index contributed by atoms with van der Waals surface area (Å²) in [6.07, 6.45) is -2.67. The van der Waals surface area contributed by atoms with Gasteiger partial charge in [0, 0.05) is 32.2 Å². The van der Waals surface area contributed by atoms with Gasteiger partial charge in [0.05, 0.1) is 37.5 Å². The predicted octanol–water partition coefficient (Wildman–Crippen LogP) is 0.258. The Labute approximate surface area is 308 Å². The van der Waals surface area contributed by atoms with Gasteiger partial charge in [-0.3, -0.25) is 24.0 Å². The molecule has 0 aromatic heterocycles. The van der Waals surface area contributed by atoms with Crippen LogP contribution in [-0.2, 0) is 49.6 Å². The van der Waals surface area contributed by atoms with Crippen LogP contribution in [0.2, 0.25) is 0 Å². The van der Waals surface area contributed by atoms with Gasteiger partial charge >= 0.3 is 18.0 Å². The zero-order chi connectivity index (χ0) is 40.1. The Morgan fingerprint density at radius 3 is 2.21 bits per heavy atom. The zero-order valence-electron chi connectivity index (χ0n) is 30.8. The molecular formula is C34H54N6O13. The Hall–Kier alpha value is -5.01. The summed E-state index contributed by atoms with van der Waals surface area (Å²) in [4.78, 5) is 82.2. The number of urea groups is 1. The average Bonchev–Trinajstić information content (AvgIpc) is 3.08. The molecule has 10 N–H and O–H groups in total. The van der Waals surface area contributed by atoms with E-state index in [0.29, 0.717) is 12.1 Å². The molecule has 0 radical (unpaired) electrons. The molecule has 6 amide bonds. The number of nitrogens with two attached hydrogens (primary N) is 2.